The molecule has 0 saturated heterocycles. The van der Waals surface area contributed by atoms with Gasteiger partial charge in [0.05, 0.1) is 16.3 Å². The summed E-state index contributed by atoms with van der Waals surface area (Å²) in [5.41, 5.74) is 0.859. The monoisotopic (exact) mass is 320 g/mol. The lowest BCUT2D eigenvalue weighted by molar-refractivity contribution is -0.137. The van der Waals surface area contributed by atoms with Crippen LogP contribution in [0.4, 0.5) is 34.9 Å². The van der Waals surface area contributed by atoms with Gasteiger partial charge in [-0.15, -0.1) is 0 Å². The highest BCUT2D eigenvalue weighted by Crippen LogP contribution is 2.34. The first-order chi connectivity index (χ1) is 9.81. The van der Waals surface area contributed by atoms with Gasteiger partial charge < -0.3 is 10.7 Å². The zero-order valence-corrected chi connectivity index (χ0v) is 11.1. The molecular formula is C12H9ClF4N4. The maximum atomic E-state index is 13.6. The molecular weight excluding hydrogens is 312 g/mol. The van der Waals surface area contributed by atoms with Crippen LogP contribution >= 0.6 is 11.6 Å². The fourth-order valence-electron chi connectivity index (χ4n) is 1.58. The Kier molecular flexibility index (Phi) is 4.19. The number of rotatable bonds is 3. The molecule has 112 valence electrons. The van der Waals surface area contributed by atoms with E-state index in [9.17, 15) is 17.6 Å². The van der Waals surface area contributed by atoms with E-state index in [0.29, 0.717) is 0 Å². The lowest BCUT2D eigenvalue weighted by Crippen LogP contribution is -2.13. The molecule has 4 N–H and O–H groups in total. The maximum absolute atomic E-state index is 13.6. The average molecular weight is 321 g/mol. The van der Waals surface area contributed by atoms with E-state index in [4.69, 9.17) is 17.4 Å². The van der Waals surface area contributed by atoms with Crippen LogP contribution in [0, 0.1) is 5.82 Å². The molecule has 9 heteroatoms. The molecule has 0 aliphatic carbocycles. The summed E-state index contributed by atoms with van der Waals surface area (Å²) < 4.78 is 51.9. The fraction of sp³-hybridized carbons (Fsp3) is 0.0833. The van der Waals surface area contributed by atoms with Crippen molar-refractivity contribution in [3.8, 4) is 0 Å². The van der Waals surface area contributed by atoms with Crippen molar-refractivity contribution in [3.63, 3.8) is 0 Å². The van der Waals surface area contributed by atoms with Crippen LogP contribution in [0.1, 0.15) is 5.56 Å². The molecule has 0 saturated carbocycles. The van der Waals surface area contributed by atoms with Crippen LogP contribution < -0.4 is 16.6 Å². The van der Waals surface area contributed by atoms with Gasteiger partial charge in [-0.3, -0.25) is 0 Å². The molecule has 0 amide bonds. The van der Waals surface area contributed by atoms with Crippen LogP contribution in [-0.2, 0) is 6.18 Å². The number of nitrogens with one attached hydrogen (secondary N) is 2. The quantitative estimate of drug-likeness (QED) is 0.455. The third kappa shape index (κ3) is 3.53. The van der Waals surface area contributed by atoms with Gasteiger partial charge in [-0.25, -0.2) is 15.2 Å². The smallest absolute Gasteiger partial charge is 0.337 e. The number of alkyl halides is 3. The second kappa shape index (κ2) is 5.74. The topological polar surface area (TPSA) is 63.0 Å². The number of hydrogen-bond acceptors (Lipinski definition) is 4. The summed E-state index contributed by atoms with van der Waals surface area (Å²) in [7, 11) is 0. The van der Waals surface area contributed by atoms with E-state index in [1.807, 2.05) is 5.43 Å². The lowest BCUT2D eigenvalue weighted by atomic mass is 10.2. The van der Waals surface area contributed by atoms with Gasteiger partial charge in [0.2, 0.25) is 0 Å². The van der Waals surface area contributed by atoms with Crippen LogP contribution in [0.15, 0.2) is 30.3 Å². The molecule has 0 unspecified atom stereocenters. The third-order valence-corrected chi connectivity index (χ3v) is 2.83. The van der Waals surface area contributed by atoms with Crippen molar-refractivity contribution in [2.24, 2.45) is 5.84 Å². The number of nitrogen functional groups attached to an aromatic ring is 1. The molecule has 2 rings (SSSR count). The molecule has 4 nitrogen and oxygen atoms in total. The summed E-state index contributed by atoms with van der Waals surface area (Å²) in [5.74, 6) is 3.89. The minimum absolute atomic E-state index is 0.0106. The Bertz CT molecular complexity index is 640. The van der Waals surface area contributed by atoms with E-state index < -0.39 is 17.6 Å². The number of halogens is 5. The van der Waals surface area contributed by atoms with E-state index in [0.717, 1.165) is 18.2 Å². The summed E-state index contributed by atoms with van der Waals surface area (Å²) >= 11 is 5.79. The van der Waals surface area contributed by atoms with Gasteiger partial charge in [-0.2, -0.15) is 13.2 Å². The predicted molar refractivity (Wildman–Crippen MR) is 71.7 cm³/mol. The van der Waals surface area contributed by atoms with Gasteiger partial charge in [0.1, 0.15) is 17.5 Å². The SMILES string of the molecule is NNc1cc(C(F)(F)F)cc(Nc2c(F)cccc2Cl)n1. The molecule has 0 fully saturated rings. The highest BCUT2D eigenvalue weighted by atomic mass is 35.5. The molecule has 0 atom stereocenters. The minimum Gasteiger partial charge on any atom is -0.337 e. The normalized spacial score (nSPS) is 11.3. The second-order valence-corrected chi connectivity index (χ2v) is 4.40. The Morgan fingerprint density at radius 2 is 1.81 bits per heavy atom. The number of pyridine rings is 1. The summed E-state index contributed by atoms with van der Waals surface area (Å²) in [6.07, 6.45) is -4.59. The summed E-state index contributed by atoms with van der Waals surface area (Å²) in [4.78, 5) is 3.77. The Hall–Kier alpha value is -2.06. The highest BCUT2D eigenvalue weighted by molar-refractivity contribution is 6.33. The van der Waals surface area contributed by atoms with E-state index in [2.05, 4.69) is 10.3 Å². The van der Waals surface area contributed by atoms with Crippen LogP contribution in [0.2, 0.25) is 5.02 Å². The summed E-state index contributed by atoms with van der Waals surface area (Å²) in [6.45, 7) is 0. The molecule has 0 bridgehead atoms. The Morgan fingerprint density at radius 3 is 2.38 bits per heavy atom. The second-order valence-electron chi connectivity index (χ2n) is 3.99. The first-order valence-electron chi connectivity index (χ1n) is 5.58. The van der Waals surface area contributed by atoms with Crippen LogP contribution in [0.3, 0.4) is 0 Å². The van der Waals surface area contributed by atoms with E-state index in [1.165, 1.54) is 12.1 Å². The van der Waals surface area contributed by atoms with Crippen molar-refractivity contribution < 1.29 is 17.6 Å². The fourth-order valence-corrected chi connectivity index (χ4v) is 1.79. The summed E-state index contributed by atoms with van der Waals surface area (Å²) in [5, 5.41) is 2.42. The molecule has 21 heavy (non-hydrogen) atoms. The molecule has 1 aromatic carbocycles. The highest BCUT2D eigenvalue weighted by Gasteiger charge is 2.31. The Labute approximate surface area is 121 Å². The largest absolute Gasteiger partial charge is 0.416 e. The van der Waals surface area contributed by atoms with Crippen molar-refractivity contribution in [3.05, 3.63) is 46.7 Å². The average Bonchev–Trinajstić information content (AvgIpc) is 2.42. The number of benzene rings is 1. The van der Waals surface area contributed by atoms with Crippen LogP contribution in [0.5, 0.6) is 0 Å². The molecule has 2 aromatic rings. The predicted octanol–water partition coefficient (Wildman–Crippen LogP) is 3.92. The number of para-hydroxylation sites is 1. The summed E-state index contributed by atoms with van der Waals surface area (Å²) in [6, 6.07) is 5.33. The molecule has 0 aliphatic rings. The maximum Gasteiger partial charge on any atom is 0.416 e. The van der Waals surface area contributed by atoms with Crippen molar-refractivity contribution in [1.82, 2.24) is 4.98 Å². The van der Waals surface area contributed by atoms with E-state index >= 15 is 0 Å². The Morgan fingerprint density at radius 1 is 1.14 bits per heavy atom. The zero-order valence-electron chi connectivity index (χ0n) is 10.3. The number of nitrogens with zero attached hydrogens (tertiary/aromatic N) is 1. The van der Waals surface area contributed by atoms with Crippen LogP contribution in [-0.4, -0.2) is 4.98 Å². The third-order valence-electron chi connectivity index (χ3n) is 2.52. The van der Waals surface area contributed by atoms with Gasteiger partial charge >= 0.3 is 6.18 Å². The molecule has 1 heterocycles. The van der Waals surface area contributed by atoms with Gasteiger partial charge in [0, 0.05) is 0 Å². The van der Waals surface area contributed by atoms with E-state index in [-0.39, 0.29) is 22.3 Å². The van der Waals surface area contributed by atoms with Crippen molar-refractivity contribution in [2.75, 3.05) is 10.7 Å². The standard InChI is InChI=1S/C12H9ClF4N4/c13-7-2-1-3-8(14)11(7)20-9-4-6(12(15,16)17)5-10(19-9)21-18/h1-5H,18H2,(H2,19,20,21). The van der Waals surface area contributed by atoms with Gasteiger partial charge in [-0.1, -0.05) is 17.7 Å². The zero-order chi connectivity index (χ0) is 15.6. The molecule has 0 radical (unpaired) electrons. The minimum atomic E-state index is -4.59. The van der Waals surface area contributed by atoms with Crippen molar-refractivity contribution in [1.29, 1.82) is 0 Å². The number of anilines is 3. The lowest BCUT2D eigenvalue weighted by Gasteiger charge is -2.13. The van der Waals surface area contributed by atoms with Crippen LogP contribution in [0.25, 0.3) is 0 Å². The molecule has 0 aliphatic heterocycles. The number of nitrogens with two attached hydrogens (primary N) is 1. The van der Waals surface area contributed by atoms with Crippen molar-refractivity contribution >= 4 is 28.9 Å². The first kappa shape index (κ1) is 15.3. The van der Waals surface area contributed by atoms with Gasteiger partial charge in [-0.05, 0) is 24.3 Å². The van der Waals surface area contributed by atoms with Crippen molar-refractivity contribution in [2.45, 2.75) is 6.18 Å². The van der Waals surface area contributed by atoms with E-state index in [1.54, 1.807) is 0 Å². The molecule has 0 spiro atoms. The number of aromatic nitrogens is 1. The van der Waals surface area contributed by atoms with Gasteiger partial charge in [0.15, 0.2) is 0 Å². The molecule has 1 aromatic heterocycles. The van der Waals surface area contributed by atoms with Gasteiger partial charge in [0.25, 0.3) is 0 Å². The number of hydrogen-bond donors (Lipinski definition) is 3. The first-order valence-corrected chi connectivity index (χ1v) is 5.96. The Balaban J connectivity index is 2.45. The number of hydrazine groups is 1.